The number of amides is 5. The molecule has 0 bridgehead atoms. The molecule has 12 heteroatoms. The molecule has 1 aromatic carbocycles. The van der Waals surface area contributed by atoms with Gasteiger partial charge in [-0.05, 0) is 44.1 Å². The number of ether oxygens (including phenoxy) is 1. The third kappa shape index (κ3) is 13.1. The van der Waals surface area contributed by atoms with Crippen molar-refractivity contribution < 1.29 is 33.5 Å². The number of carbonyl (C=O) groups excluding carboxylic acids is 6. The molecule has 1 heterocycles. The van der Waals surface area contributed by atoms with Gasteiger partial charge >= 0.3 is 6.09 Å². The highest BCUT2D eigenvalue weighted by Crippen LogP contribution is 2.19. The van der Waals surface area contributed by atoms with Crippen LogP contribution in [0.15, 0.2) is 30.3 Å². The van der Waals surface area contributed by atoms with Crippen molar-refractivity contribution in [3.05, 3.63) is 35.9 Å². The molecule has 244 valence electrons. The number of hydrogen-bond acceptors (Lipinski definition) is 7. The van der Waals surface area contributed by atoms with Gasteiger partial charge < -0.3 is 36.1 Å². The molecule has 1 saturated heterocycles. The first kappa shape index (κ1) is 36.2. The topological polar surface area (TPSA) is 172 Å². The Hall–Kier alpha value is -3.96. The molecule has 0 spiro atoms. The second kappa shape index (κ2) is 17.4. The van der Waals surface area contributed by atoms with Crippen LogP contribution in [-0.4, -0.2) is 66.7 Å². The number of Topliss-reactive ketones (excluding diaryl/α,β-unsaturated/α-hetero) is 1. The molecule has 2 rings (SSSR count). The number of nitrogens with one attached hydrogen (secondary N) is 5. The molecule has 1 fully saturated rings. The predicted molar refractivity (Wildman–Crippen MR) is 165 cm³/mol. The summed E-state index contributed by atoms with van der Waals surface area (Å²) in [5.74, 6) is -1.81. The van der Waals surface area contributed by atoms with Gasteiger partial charge in [-0.2, -0.15) is 0 Å². The van der Waals surface area contributed by atoms with Gasteiger partial charge in [0, 0.05) is 36.9 Å². The normalized spacial score (nSPS) is 16.7. The Morgan fingerprint density at radius 2 is 1.64 bits per heavy atom. The van der Waals surface area contributed by atoms with Crippen molar-refractivity contribution in [2.75, 3.05) is 13.1 Å². The third-order valence-electron chi connectivity index (χ3n) is 7.23. The second-order valence-electron chi connectivity index (χ2n) is 12.9. The molecule has 1 aliphatic heterocycles. The highest BCUT2D eigenvalue weighted by Gasteiger charge is 2.32. The molecule has 44 heavy (non-hydrogen) atoms. The van der Waals surface area contributed by atoms with Crippen LogP contribution in [-0.2, 0) is 35.3 Å². The lowest BCUT2D eigenvalue weighted by molar-refractivity contribution is -0.132. The van der Waals surface area contributed by atoms with Crippen LogP contribution in [0.2, 0.25) is 0 Å². The van der Waals surface area contributed by atoms with Crippen molar-refractivity contribution >= 4 is 35.5 Å². The van der Waals surface area contributed by atoms with E-state index in [2.05, 4.69) is 26.6 Å². The van der Waals surface area contributed by atoms with Gasteiger partial charge in [0.05, 0.1) is 0 Å². The average molecular weight is 616 g/mol. The number of alkyl carbamates (subject to hydrolysis) is 1. The largest absolute Gasteiger partial charge is 0.445 e. The van der Waals surface area contributed by atoms with E-state index in [1.165, 1.54) is 6.92 Å². The first-order chi connectivity index (χ1) is 20.6. The lowest BCUT2D eigenvalue weighted by Gasteiger charge is -2.27. The number of hydrogen-bond donors (Lipinski definition) is 5. The van der Waals surface area contributed by atoms with Crippen LogP contribution in [0.1, 0.15) is 79.2 Å². The Morgan fingerprint density at radius 3 is 2.20 bits per heavy atom. The van der Waals surface area contributed by atoms with Crippen molar-refractivity contribution in [1.29, 1.82) is 0 Å². The lowest BCUT2D eigenvalue weighted by Crippen LogP contribution is -2.58. The standard InChI is InChI=1S/C32H49N5O7/c1-20(2)16-25(28(40)35-24(13-12-21(3)38)17-23-14-15-33-27(23)39)36-29(41)26(18-34-30(42)32(4,5)6)37-31(43)44-19-22-10-8-7-9-11-22/h7-11,20,23-26H,12-19H2,1-6H3,(H,33,39)(H,34,42)(H,35,40)(H,36,41)(H,37,43)/t23-,24+,25-,26-/m0/s1. The van der Waals surface area contributed by atoms with Crippen LogP contribution >= 0.6 is 0 Å². The van der Waals surface area contributed by atoms with Gasteiger partial charge in [-0.15, -0.1) is 0 Å². The van der Waals surface area contributed by atoms with Crippen LogP contribution in [0.5, 0.6) is 0 Å². The van der Waals surface area contributed by atoms with Crippen molar-refractivity contribution in [1.82, 2.24) is 26.6 Å². The number of benzene rings is 1. The van der Waals surface area contributed by atoms with E-state index in [9.17, 15) is 28.8 Å². The minimum absolute atomic E-state index is 0.0187. The minimum atomic E-state index is -1.23. The van der Waals surface area contributed by atoms with E-state index in [-0.39, 0.29) is 49.0 Å². The maximum absolute atomic E-state index is 13.5. The maximum Gasteiger partial charge on any atom is 0.408 e. The van der Waals surface area contributed by atoms with Crippen LogP contribution in [0.3, 0.4) is 0 Å². The van der Waals surface area contributed by atoms with Gasteiger partial charge in [0.25, 0.3) is 0 Å². The Morgan fingerprint density at radius 1 is 0.977 bits per heavy atom. The molecule has 12 nitrogen and oxygen atoms in total. The molecule has 5 amide bonds. The lowest BCUT2D eigenvalue weighted by atomic mass is 9.94. The molecular weight excluding hydrogens is 566 g/mol. The van der Waals surface area contributed by atoms with E-state index in [1.807, 2.05) is 32.0 Å². The Kier molecular flexibility index (Phi) is 14.3. The van der Waals surface area contributed by atoms with Crippen molar-refractivity contribution in [2.45, 2.75) is 98.4 Å². The van der Waals surface area contributed by atoms with Gasteiger partial charge in [-0.1, -0.05) is 65.0 Å². The quantitative estimate of drug-likeness (QED) is 0.190. The molecule has 1 aromatic rings. The van der Waals surface area contributed by atoms with E-state index in [0.29, 0.717) is 32.2 Å². The number of carbonyl (C=O) groups is 6. The van der Waals surface area contributed by atoms with E-state index in [4.69, 9.17) is 4.74 Å². The zero-order chi connectivity index (χ0) is 32.9. The fourth-order valence-electron chi connectivity index (χ4n) is 4.69. The molecule has 4 atom stereocenters. The molecule has 5 N–H and O–H groups in total. The van der Waals surface area contributed by atoms with Crippen LogP contribution in [0, 0.1) is 17.3 Å². The van der Waals surface area contributed by atoms with Crippen LogP contribution < -0.4 is 26.6 Å². The maximum atomic E-state index is 13.5. The summed E-state index contributed by atoms with van der Waals surface area (Å²) in [5.41, 5.74) is 0.0211. The van der Waals surface area contributed by atoms with Crippen molar-refractivity contribution in [3.8, 4) is 0 Å². The van der Waals surface area contributed by atoms with Gasteiger partial charge in [-0.3, -0.25) is 19.2 Å². The molecule has 0 unspecified atom stereocenters. The summed E-state index contributed by atoms with van der Waals surface area (Å²) in [6.45, 7) is 10.8. The summed E-state index contributed by atoms with van der Waals surface area (Å²) in [5, 5.41) is 13.7. The first-order valence-electron chi connectivity index (χ1n) is 15.3. The van der Waals surface area contributed by atoms with E-state index >= 15 is 0 Å². The predicted octanol–water partition coefficient (Wildman–Crippen LogP) is 2.35. The van der Waals surface area contributed by atoms with Crippen LogP contribution in [0.25, 0.3) is 0 Å². The molecule has 1 aliphatic rings. The zero-order valence-electron chi connectivity index (χ0n) is 26.8. The highest BCUT2D eigenvalue weighted by molar-refractivity contribution is 5.92. The van der Waals surface area contributed by atoms with Crippen molar-refractivity contribution in [2.24, 2.45) is 17.3 Å². The first-order valence-corrected chi connectivity index (χ1v) is 15.3. The van der Waals surface area contributed by atoms with Crippen molar-refractivity contribution in [3.63, 3.8) is 0 Å². The monoisotopic (exact) mass is 615 g/mol. The van der Waals surface area contributed by atoms with E-state index < -0.39 is 41.4 Å². The fraction of sp³-hybridized carbons (Fsp3) is 0.625. The molecule has 0 aliphatic carbocycles. The summed E-state index contributed by atoms with van der Waals surface area (Å²) in [6, 6.07) is 6.38. The van der Waals surface area contributed by atoms with Crippen LogP contribution in [0.4, 0.5) is 4.79 Å². The summed E-state index contributed by atoms with van der Waals surface area (Å²) in [7, 11) is 0. The van der Waals surface area contributed by atoms with Gasteiger partial charge in [0.1, 0.15) is 24.5 Å². The molecular formula is C32H49N5O7. The average Bonchev–Trinajstić information content (AvgIpc) is 3.35. The fourth-order valence-corrected chi connectivity index (χ4v) is 4.69. The number of rotatable bonds is 16. The summed E-state index contributed by atoms with van der Waals surface area (Å²) < 4.78 is 5.29. The molecule has 0 aromatic heterocycles. The molecule has 0 radical (unpaired) electrons. The minimum Gasteiger partial charge on any atom is -0.445 e. The SMILES string of the molecule is CC(=O)CC[C@H](C[C@@H]1CCNC1=O)NC(=O)[C@H](CC(C)C)NC(=O)[C@H](CNC(=O)C(C)(C)C)NC(=O)OCc1ccccc1. The zero-order valence-corrected chi connectivity index (χ0v) is 26.8. The summed E-state index contributed by atoms with van der Waals surface area (Å²) >= 11 is 0. The highest BCUT2D eigenvalue weighted by atomic mass is 16.5. The van der Waals surface area contributed by atoms with E-state index in [1.54, 1.807) is 32.9 Å². The number of ketones is 1. The van der Waals surface area contributed by atoms with Gasteiger partial charge in [-0.25, -0.2) is 4.79 Å². The van der Waals surface area contributed by atoms with E-state index in [0.717, 1.165) is 5.56 Å². The Balaban J connectivity index is 2.17. The third-order valence-corrected chi connectivity index (χ3v) is 7.23. The van der Waals surface area contributed by atoms with Gasteiger partial charge in [0.2, 0.25) is 23.6 Å². The summed E-state index contributed by atoms with van der Waals surface area (Å²) in [4.78, 5) is 76.2. The Labute approximate surface area is 260 Å². The van der Waals surface area contributed by atoms with Gasteiger partial charge in [0.15, 0.2) is 0 Å². The Bertz CT molecular complexity index is 1150. The summed E-state index contributed by atoms with van der Waals surface area (Å²) in [6.07, 6.45) is 1.06. The molecule has 0 saturated carbocycles. The smallest absolute Gasteiger partial charge is 0.408 e. The second-order valence-corrected chi connectivity index (χ2v) is 12.9.